The van der Waals surface area contributed by atoms with Gasteiger partial charge in [0.15, 0.2) is 6.54 Å². The van der Waals surface area contributed by atoms with Gasteiger partial charge in [-0.05, 0) is 5.56 Å². The number of nitro groups is 1. The molecule has 0 fully saturated rings. The van der Waals surface area contributed by atoms with Crippen molar-refractivity contribution in [3.8, 4) is 5.95 Å². The minimum absolute atomic E-state index is 0.0777. The third-order valence-electron chi connectivity index (χ3n) is 3.09. The maximum Gasteiger partial charge on any atom is 0.269 e. The lowest BCUT2D eigenvalue weighted by Crippen LogP contribution is -2.38. The first kappa shape index (κ1) is 13.1. The van der Waals surface area contributed by atoms with Crippen LogP contribution in [0.3, 0.4) is 0 Å². The third kappa shape index (κ3) is 2.73. The second-order valence-corrected chi connectivity index (χ2v) is 4.32. The number of hydrogen-bond acceptors (Lipinski definition) is 4. The molecule has 1 aromatic heterocycles. The standard InChI is InChI=1S/C13H14N2O4/c1-9-13(16)19-10(2)14(9)8-7-11-3-5-12(6-4-11)15(17)18/h3-6H,7-8H2,1-2H3. The van der Waals surface area contributed by atoms with E-state index in [1.54, 1.807) is 26.0 Å². The number of nitro benzene ring substituents is 1. The van der Waals surface area contributed by atoms with Crippen LogP contribution in [0.5, 0.6) is 5.95 Å². The highest BCUT2D eigenvalue weighted by Gasteiger charge is 2.14. The summed E-state index contributed by atoms with van der Waals surface area (Å²) in [6.45, 7) is 4.07. The first-order valence-corrected chi connectivity index (χ1v) is 5.89. The molecule has 6 heteroatoms. The normalized spacial score (nSPS) is 10.6. The zero-order valence-corrected chi connectivity index (χ0v) is 10.8. The van der Waals surface area contributed by atoms with Crippen molar-refractivity contribution in [2.75, 3.05) is 0 Å². The van der Waals surface area contributed by atoms with E-state index in [0.717, 1.165) is 5.56 Å². The first-order valence-electron chi connectivity index (χ1n) is 5.89. The lowest BCUT2D eigenvalue weighted by Gasteiger charge is -2.00. The summed E-state index contributed by atoms with van der Waals surface area (Å²) in [5.74, 6) is 0.255. The van der Waals surface area contributed by atoms with Gasteiger partial charge >= 0.3 is 0 Å². The van der Waals surface area contributed by atoms with Crippen molar-refractivity contribution in [1.29, 1.82) is 0 Å². The monoisotopic (exact) mass is 262 g/mol. The predicted molar refractivity (Wildman–Crippen MR) is 64.6 cm³/mol. The maximum absolute atomic E-state index is 11.3. The Balaban J connectivity index is 2.08. The molecule has 0 aliphatic heterocycles. The highest BCUT2D eigenvalue weighted by Crippen LogP contribution is 2.14. The van der Waals surface area contributed by atoms with Crippen LogP contribution >= 0.6 is 0 Å². The molecule has 0 atom stereocenters. The van der Waals surface area contributed by atoms with Gasteiger partial charge in [-0.3, -0.25) is 10.1 Å². The number of aryl methyl sites for hydroxylation is 2. The molecule has 2 aromatic rings. The van der Waals surface area contributed by atoms with E-state index in [4.69, 9.17) is 4.42 Å². The molecule has 0 saturated heterocycles. The predicted octanol–water partition coefficient (Wildman–Crippen LogP) is 1.41. The summed E-state index contributed by atoms with van der Waals surface area (Å²) in [6, 6.07) is 6.41. The van der Waals surface area contributed by atoms with Gasteiger partial charge in [-0.1, -0.05) is 12.1 Å². The van der Waals surface area contributed by atoms with E-state index < -0.39 is 4.92 Å². The molecule has 0 aliphatic rings. The van der Waals surface area contributed by atoms with E-state index in [9.17, 15) is 15.2 Å². The third-order valence-corrected chi connectivity index (χ3v) is 3.09. The van der Waals surface area contributed by atoms with Crippen LogP contribution in [-0.4, -0.2) is 4.92 Å². The SMILES string of the molecule is Cc1oc([O-])c(C)[n+]1CCc1ccc([N+](=O)[O-])cc1. The molecule has 0 N–H and O–H groups in total. The Morgan fingerprint density at radius 1 is 1.26 bits per heavy atom. The van der Waals surface area contributed by atoms with Crippen LogP contribution in [0.4, 0.5) is 5.69 Å². The number of hydrogen-bond donors (Lipinski definition) is 0. The van der Waals surface area contributed by atoms with Crippen molar-refractivity contribution in [3.05, 3.63) is 51.5 Å². The fraction of sp³-hybridized carbons (Fsp3) is 0.308. The largest absolute Gasteiger partial charge is 0.540 e. The summed E-state index contributed by atoms with van der Waals surface area (Å²) in [7, 11) is 0. The summed E-state index contributed by atoms with van der Waals surface area (Å²) in [6.07, 6.45) is 0.684. The lowest BCUT2D eigenvalue weighted by atomic mass is 10.1. The molecule has 0 amide bonds. The molecule has 19 heavy (non-hydrogen) atoms. The van der Waals surface area contributed by atoms with E-state index in [2.05, 4.69) is 0 Å². The second-order valence-electron chi connectivity index (χ2n) is 4.32. The Morgan fingerprint density at radius 3 is 2.37 bits per heavy atom. The van der Waals surface area contributed by atoms with Crippen molar-refractivity contribution in [2.45, 2.75) is 26.8 Å². The van der Waals surface area contributed by atoms with Gasteiger partial charge in [0.05, 0.1) is 4.92 Å². The van der Waals surface area contributed by atoms with Gasteiger partial charge in [-0.15, -0.1) is 0 Å². The molecule has 0 bridgehead atoms. The average Bonchev–Trinajstić information content (AvgIpc) is 2.62. The van der Waals surface area contributed by atoms with Crippen molar-refractivity contribution >= 4 is 5.69 Å². The first-order chi connectivity index (χ1) is 8.99. The Kier molecular flexibility index (Phi) is 3.50. The van der Waals surface area contributed by atoms with Crippen LogP contribution in [-0.2, 0) is 13.0 Å². The molecule has 100 valence electrons. The smallest absolute Gasteiger partial charge is 0.269 e. The molecule has 2 rings (SSSR count). The molecule has 0 spiro atoms. The van der Waals surface area contributed by atoms with E-state index in [0.29, 0.717) is 24.6 Å². The number of nitrogens with zero attached hydrogens (tertiary/aromatic N) is 2. The van der Waals surface area contributed by atoms with Crippen molar-refractivity contribution in [3.63, 3.8) is 0 Å². The van der Waals surface area contributed by atoms with Gasteiger partial charge in [0.25, 0.3) is 5.69 Å². The van der Waals surface area contributed by atoms with Crippen LogP contribution in [0.25, 0.3) is 0 Å². The van der Waals surface area contributed by atoms with Gasteiger partial charge in [0, 0.05) is 32.4 Å². The topological polar surface area (TPSA) is 83.2 Å². The van der Waals surface area contributed by atoms with Crippen molar-refractivity contribution in [2.24, 2.45) is 0 Å². The number of non-ortho nitro benzene ring substituents is 1. The summed E-state index contributed by atoms with van der Waals surface area (Å²) in [5.41, 5.74) is 1.62. The van der Waals surface area contributed by atoms with Gasteiger partial charge in [-0.25, -0.2) is 0 Å². The average molecular weight is 262 g/mol. The van der Waals surface area contributed by atoms with Gasteiger partial charge in [0.1, 0.15) is 5.95 Å². The van der Waals surface area contributed by atoms with Crippen LogP contribution in [0.15, 0.2) is 28.7 Å². The Hall–Kier alpha value is -2.37. The quantitative estimate of drug-likeness (QED) is 0.473. The molecule has 0 unspecified atom stereocenters. The number of aromatic nitrogens is 1. The summed E-state index contributed by atoms with van der Waals surface area (Å²) in [4.78, 5) is 10.1. The fourth-order valence-corrected chi connectivity index (χ4v) is 1.96. The Bertz CT molecular complexity index is 602. The molecule has 6 nitrogen and oxygen atoms in total. The summed E-state index contributed by atoms with van der Waals surface area (Å²) < 4.78 is 6.81. The van der Waals surface area contributed by atoms with E-state index in [-0.39, 0.29) is 11.6 Å². The second kappa shape index (κ2) is 5.09. The summed E-state index contributed by atoms with van der Waals surface area (Å²) in [5, 5.41) is 21.9. The molecule has 0 aliphatic carbocycles. The summed E-state index contributed by atoms with van der Waals surface area (Å²) >= 11 is 0. The molecular weight excluding hydrogens is 248 g/mol. The highest BCUT2D eigenvalue weighted by molar-refractivity contribution is 5.32. The highest BCUT2D eigenvalue weighted by atomic mass is 16.6. The van der Waals surface area contributed by atoms with Gasteiger partial charge < -0.3 is 9.52 Å². The molecule has 0 saturated carbocycles. The van der Waals surface area contributed by atoms with E-state index in [1.807, 2.05) is 4.57 Å². The maximum atomic E-state index is 11.3. The van der Waals surface area contributed by atoms with E-state index >= 15 is 0 Å². The number of benzene rings is 1. The fourth-order valence-electron chi connectivity index (χ4n) is 1.96. The Morgan fingerprint density at radius 2 is 1.89 bits per heavy atom. The Labute approximate surface area is 110 Å². The van der Waals surface area contributed by atoms with Crippen LogP contribution in [0.2, 0.25) is 0 Å². The molecule has 1 heterocycles. The zero-order valence-electron chi connectivity index (χ0n) is 10.8. The van der Waals surface area contributed by atoms with E-state index in [1.165, 1.54) is 12.1 Å². The van der Waals surface area contributed by atoms with Crippen LogP contribution < -0.4 is 9.67 Å². The molecular formula is C13H14N2O4. The lowest BCUT2D eigenvalue weighted by molar-refractivity contribution is -0.711. The minimum Gasteiger partial charge on any atom is -0.540 e. The molecule has 0 radical (unpaired) electrons. The number of oxazole rings is 1. The number of rotatable bonds is 4. The van der Waals surface area contributed by atoms with Crippen LogP contribution in [0.1, 0.15) is 17.1 Å². The van der Waals surface area contributed by atoms with Crippen LogP contribution in [0, 0.1) is 24.0 Å². The minimum atomic E-state index is -0.424. The van der Waals surface area contributed by atoms with Crippen molar-refractivity contribution < 1.29 is 19.0 Å². The zero-order chi connectivity index (χ0) is 14.0. The molecule has 1 aromatic carbocycles. The van der Waals surface area contributed by atoms with Gasteiger partial charge in [-0.2, -0.15) is 4.57 Å². The van der Waals surface area contributed by atoms with Gasteiger partial charge in [0.2, 0.25) is 11.6 Å². The van der Waals surface area contributed by atoms with Crippen molar-refractivity contribution in [1.82, 2.24) is 0 Å².